The topological polar surface area (TPSA) is 74.5 Å². The fourth-order valence-corrected chi connectivity index (χ4v) is 4.13. The summed E-state index contributed by atoms with van der Waals surface area (Å²) in [4.78, 5) is 21.5. The number of carbonyl (C=O) groups is 1. The van der Waals surface area contributed by atoms with Crippen molar-refractivity contribution in [3.63, 3.8) is 0 Å². The van der Waals surface area contributed by atoms with E-state index in [0.717, 1.165) is 37.3 Å². The Morgan fingerprint density at radius 3 is 2.50 bits per heavy atom. The highest BCUT2D eigenvalue weighted by Gasteiger charge is 2.22. The van der Waals surface area contributed by atoms with Crippen LogP contribution in [-0.4, -0.2) is 58.6 Å². The first-order valence-corrected chi connectivity index (χ1v) is 11.2. The van der Waals surface area contributed by atoms with Crippen molar-refractivity contribution < 1.29 is 9.32 Å². The van der Waals surface area contributed by atoms with Crippen LogP contribution in [0.3, 0.4) is 0 Å². The smallest absolute Gasteiger partial charge is 0.241 e. The molecule has 2 heterocycles. The molecule has 7 nitrogen and oxygen atoms in total. The summed E-state index contributed by atoms with van der Waals surface area (Å²) in [6.07, 6.45) is 0. The van der Waals surface area contributed by atoms with E-state index in [-0.39, 0.29) is 11.9 Å². The van der Waals surface area contributed by atoms with Crippen LogP contribution in [0.4, 0.5) is 0 Å². The van der Waals surface area contributed by atoms with E-state index in [4.69, 9.17) is 16.1 Å². The maximum atomic E-state index is 12.5. The van der Waals surface area contributed by atoms with E-state index in [9.17, 15) is 4.79 Å². The van der Waals surface area contributed by atoms with Crippen LogP contribution in [0.25, 0.3) is 11.4 Å². The predicted octanol–water partition coefficient (Wildman–Crippen LogP) is 3.69. The van der Waals surface area contributed by atoms with Gasteiger partial charge in [0.1, 0.15) is 0 Å². The molecule has 32 heavy (non-hydrogen) atoms. The van der Waals surface area contributed by atoms with Gasteiger partial charge in [0.05, 0.1) is 19.1 Å². The first-order valence-electron chi connectivity index (χ1n) is 10.9. The Bertz CT molecular complexity index is 1040. The number of hydrogen-bond acceptors (Lipinski definition) is 6. The van der Waals surface area contributed by atoms with Crippen LogP contribution in [0.15, 0.2) is 53.1 Å². The second-order valence-corrected chi connectivity index (χ2v) is 8.65. The van der Waals surface area contributed by atoms with Crippen molar-refractivity contribution in [1.29, 1.82) is 0 Å². The van der Waals surface area contributed by atoms with Gasteiger partial charge in [-0.25, -0.2) is 0 Å². The summed E-state index contributed by atoms with van der Waals surface area (Å²) in [5, 5.41) is 7.82. The molecule has 1 unspecified atom stereocenters. The Balaban J connectivity index is 1.23. The quantitative estimate of drug-likeness (QED) is 0.588. The lowest BCUT2D eigenvalue weighted by atomic mass is 10.1. The van der Waals surface area contributed by atoms with Crippen LogP contribution < -0.4 is 5.32 Å². The lowest BCUT2D eigenvalue weighted by Crippen LogP contribution is -2.49. The van der Waals surface area contributed by atoms with Crippen molar-refractivity contribution in [2.24, 2.45) is 0 Å². The van der Waals surface area contributed by atoms with Crippen molar-refractivity contribution in [2.75, 3.05) is 32.7 Å². The van der Waals surface area contributed by atoms with E-state index < -0.39 is 0 Å². The summed E-state index contributed by atoms with van der Waals surface area (Å²) in [7, 11) is 0. The second kappa shape index (κ2) is 10.3. The number of rotatable bonds is 7. The molecule has 1 fully saturated rings. The molecule has 1 amide bonds. The lowest BCUT2D eigenvalue weighted by Gasteiger charge is -2.33. The molecule has 4 rings (SSSR count). The van der Waals surface area contributed by atoms with Crippen molar-refractivity contribution in [3.05, 3.63) is 70.6 Å². The molecule has 0 spiro atoms. The van der Waals surface area contributed by atoms with E-state index in [1.54, 1.807) is 0 Å². The van der Waals surface area contributed by atoms with Gasteiger partial charge in [0, 0.05) is 36.8 Å². The molecule has 0 saturated carbocycles. The average Bonchev–Trinajstić information content (AvgIpc) is 3.24. The zero-order chi connectivity index (χ0) is 22.5. The van der Waals surface area contributed by atoms with Crippen molar-refractivity contribution in [3.8, 4) is 11.4 Å². The maximum Gasteiger partial charge on any atom is 0.241 e. The van der Waals surface area contributed by atoms with Crippen molar-refractivity contribution in [1.82, 2.24) is 25.3 Å². The Labute approximate surface area is 193 Å². The Morgan fingerprint density at radius 1 is 1.09 bits per heavy atom. The normalized spacial score (nSPS) is 16.1. The van der Waals surface area contributed by atoms with E-state index in [0.29, 0.717) is 29.8 Å². The van der Waals surface area contributed by atoms with Gasteiger partial charge in [-0.05, 0) is 25.5 Å². The third kappa shape index (κ3) is 5.73. The molecule has 168 valence electrons. The number of hydrogen-bond donors (Lipinski definition) is 1. The molecule has 1 aliphatic heterocycles. The van der Waals surface area contributed by atoms with E-state index in [2.05, 4.69) is 25.3 Å². The van der Waals surface area contributed by atoms with Gasteiger partial charge in [-0.2, -0.15) is 4.98 Å². The van der Waals surface area contributed by atoms with Gasteiger partial charge in [-0.15, -0.1) is 0 Å². The molecule has 8 heteroatoms. The lowest BCUT2D eigenvalue weighted by molar-refractivity contribution is -0.123. The highest BCUT2D eigenvalue weighted by Crippen LogP contribution is 2.22. The fraction of sp³-hybridized carbons (Fsp3) is 0.375. The minimum absolute atomic E-state index is 0.00510. The molecule has 1 N–H and O–H groups in total. The van der Waals surface area contributed by atoms with E-state index in [1.165, 1.54) is 5.56 Å². The summed E-state index contributed by atoms with van der Waals surface area (Å²) in [6.45, 7) is 8.30. The number of halogens is 1. The van der Waals surface area contributed by atoms with Crippen molar-refractivity contribution in [2.45, 2.75) is 26.4 Å². The molecule has 1 aliphatic rings. The first kappa shape index (κ1) is 22.5. The number of piperazine rings is 1. The summed E-state index contributed by atoms with van der Waals surface area (Å²) < 4.78 is 5.45. The highest BCUT2D eigenvalue weighted by atomic mass is 35.5. The molecule has 2 aromatic carbocycles. The maximum absolute atomic E-state index is 12.5. The van der Waals surface area contributed by atoms with Crippen LogP contribution in [0, 0.1) is 6.92 Å². The molecule has 0 aliphatic carbocycles. The highest BCUT2D eigenvalue weighted by molar-refractivity contribution is 6.31. The molecule has 1 saturated heterocycles. The minimum Gasteiger partial charge on any atom is -0.348 e. The van der Waals surface area contributed by atoms with Crippen molar-refractivity contribution >= 4 is 17.5 Å². The summed E-state index contributed by atoms with van der Waals surface area (Å²) >= 11 is 6.24. The Morgan fingerprint density at radius 2 is 1.78 bits per heavy atom. The largest absolute Gasteiger partial charge is 0.348 e. The van der Waals surface area contributed by atoms with Gasteiger partial charge in [0.2, 0.25) is 17.6 Å². The van der Waals surface area contributed by atoms with Gasteiger partial charge in [0.25, 0.3) is 0 Å². The van der Waals surface area contributed by atoms with Gasteiger partial charge < -0.3 is 9.84 Å². The van der Waals surface area contributed by atoms with Crippen LogP contribution in [0.5, 0.6) is 0 Å². The van der Waals surface area contributed by atoms with Gasteiger partial charge in [-0.1, -0.05) is 64.8 Å². The second-order valence-electron chi connectivity index (χ2n) is 8.24. The molecule has 3 aromatic rings. The third-order valence-corrected chi connectivity index (χ3v) is 6.06. The van der Waals surface area contributed by atoms with Gasteiger partial charge >= 0.3 is 0 Å². The molecular formula is C24H28ClN5O2. The standard InChI is InChI=1S/C24H28ClN5O2/c1-17-7-9-19(10-8-17)24-27-23(32-28-24)16-30-13-11-29(12-14-30)15-22(31)26-18(2)20-5-3-4-6-21(20)25/h3-10,18H,11-16H2,1-2H3,(H,26,31). The van der Waals surface area contributed by atoms with Gasteiger partial charge in [-0.3, -0.25) is 14.6 Å². The molecular weight excluding hydrogens is 426 g/mol. The molecule has 0 radical (unpaired) electrons. The number of aromatic nitrogens is 2. The summed E-state index contributed by atoms with van der Waals surface area (Å²) in [6, 6.07) is 15.5. The number of aryl methyl sites for hydroxylation is 1. The number of nitrogens with one attached hydrogen (secondary N) is 1. The average molecular weight is 454 g/mol. The minimum atomic E-state index is -0.127. The molecule has 1 aromatic heterocycles. The SMILES string of the molecule is Cc1ccc(-c2noc(CN3CCN(CC(=O)NC(C)c4ccccc4Cl)CC3)n2)cc1. The Hall–Kier alpha value is -2.74. The van der Waals surface area contributed by atoms with Crippen LogP contribution in [0.2, 0.25) is 5.02 Å². The van der Waals surface area contributed by atoms with Gasteiger partial charge in [0.15, 0.2) is 0 Å². The monoisotopic (exact) mass is 453 g/mol. The third-order valence-electron chi connectivity index (χ3n) is 5.72. The van der Waals surface area contributed by atoms with Crippen LogP contribution >= 0.6 is 11.6 Å². The zero-order valence-electron chi connectivity index (χ0n) is 18.4. The summed E-state index contributed by atoms with van der Waals surface area (Å²) in [5.41, 5.74) is 3.08. The fourth-order valence-electron chi connectivity index (χ4n) is 3.83. The Kier molecular flexibility index (Phi) is 7.19. The summed E-state index contributed by atoms with van der Waals surface area (Å²) in [5.74, 6) is 1.23. The number of carbonyl (C=O) groups excluding carboxylic acids is 1. The number of amides is 1. The van der Waals surface area contributed by atoms with Crippen LogP contribution in [0.1, 0.15) is 30.0 Å². The predicted molar refractivity (Wildman–Crippen MR) is 124 cm³/mol. The zero-order valence-corrected chi connectivity index (χ0v) is 19.2. The molecule has 0 bridgehead atoms. The number of nitrogens with zero attached hydrogens (tertiary/aromatic N) is 4. The van der Waals surface area contributed by atoms with Crippen LogP contribution in [-0.2, 0) is 11.3 Å². The van der Waals surface area contributed by atoms with E-state index in [1.807, 2.05) is 62.4 Å². The molecule has 1 atom stereocenters. The van der Waals surface area contributed by atoms with E-state index >= 15 is 0 Å². The first-order chi connectivity index (χ1) is 15.5. The number of benzene rings is 2.